The van der Waals surface area contributed by atoms with Crippen molar-refractivity contribution in [1.29, 1.82) is 0 Å². The van der Waals surface area contributed by atoms with Crippen molar-refractivity contribution in [1.82, 2.24) is 0 Å². The molecule has 2 aliphatic carbocycles. The molecule has 3 N–H and O–H groups in total. The Kier molecular flexibility index (Phi) is 3.46. The molecule has 0 radical (unpaired) electrons. The summed E-state index contributed by atoms with van der Waals surface area (Å²) in [6, 6.07) is 8.63. The van der Waals surface area contributed by atoms with Gasteiger partial charge in [-0.3, -0.25) is 0 Å². The summed E-state index contributed by atoms with van der Waals surface area (Å²) in [7, 11) is 0. The zero-order valence-corrected chi connectivity index (χ0v) is 13.7. The summed E-state index contributed by atoms with van der Waals surface area (Å²) < 4.78 is 0. The summed E-state index contributed by atoms with van der Waals surface area (Å²) in [5.74, 6) is 0.294. The zero-order valence-electron chi connectivity index (χ0n) is 13.7. The van der Waals surface area contributed by atoms with E-state index in [0.717, 1.165) is 32.1 Å². The number of rotatable bonds is 2. The number of hydrogen-bond acceptors (Lipinski definition) is 2. The quantitative estimate of drug-likeness (QED) is 0.875. The minimum absolute atomic E-state index is 0.197. The van der Waals surface area contributed by atoms with Crippen molar-refractivity contribution in [2.24, 2.45) is 17.1 Å². The van der Waals surface area contributed by atoms with Crippen molar-refractivity contribution in [3.8, 4) is 0 Å². The molecule has 3 rings (SSSR count). The van der Waals surface area contributed by atoms with Crippen LogP contribution < -0.4 is 5.73 Å². The van der Waals surface area contributed by atoms with Crippen LogP contribution >= 0.6 is 0 Å². The van der Waals surface area contributed by atoms with Gasteiger partial charge in [0.05, 0.1) is 5.60 Å². The molecule has 0 amide bonds. The van der Waals surface area contributed by atoms with Crippen molar-refractivity contribution in [3.05, 3.63) is 35.4 Å². The van der Waals surface area contributed by atoms with Crippen LogP contribution in [-0.4, -0.2) is 17.3 Å². The number of benzene rings is 1. The van der Waals surface area contributed by atoms with Gasteiger partial charge in [0, 0.05) is 12.0 Å². The summed E-state index contributed by atoms with van der Waals surface area (Å²) in [5.41, 5.74) is 8.26. The monoisotopic (exact) mass is 287 g/mol. The molecule has 0 aromatic heterocycles. The number of hydrogen-bond donors (Lipinski definition) is 2. The number of aryl methyl sites for hydroxylation is 1. The Morgan fingerprint density at radius 2 is 2.00 bits per heavy atom. The Morgan fingerprint density at radius 1 is 1.29 bits per heavy atom. The van der Waals surface area contributed by atoms with E-state index in [0.29, 0.717) is 12.5 Å². The lowest BCUT2D eigenvalue weighted by molar-refractivity contribution is -0.0746. The van der Waals surface area contributed by atoms with Gasteiger partial charge in [-0.25, -0.2) is 0 Å². The lowest BCUT2D eigenvalue weighted by Gasteiger charge is -2.51. The molecule has 0 saturated heterocycles. The Morgan fingerprint density at radius 3 is 2.62 bits per heavy atom. The summed E-state index contributed by atoms with van der Waals surface area (Å²) >= 11 is 0. The molecule has 1 aromatic rings. The molecular weight excluding hydrogens is 258 g/mol. The fourth-order valence-corrected chi connectivity index (χ4v) is 5.37. The highest BCUT2D eigenvalue weighted by molar-refractivity contribution is 5.41. The topological polar surface area (TPSA) is 46.2 Å². The predicted molar refractivity (Wildman–Crippen MR) is 87.2 cm³/mol. The van der Waals surface area contributed by atoms with E-state index in [2.05, 4.69) is 45.0 Å². The average molecular weight is 287 g/mol. The molecule has 2 aliphatic rings. The van der Waals surface area contributed by atoms with E-state index < -0.39 is 5.60 Å². The second kappa shape index (κ2) is 4.82. The largest absolute Gasteiger partial charge is 0.389 e. The number of fused-ring (bicyclic) bond motifs is 1. The third kappa shape index (κ3) is 2.07. The highest BCUT2D eigenvalue weighted by Crippen LogP contribution is 2.58. The van der Waals surface area contributed by atoms with Gasteiger partial charge >= 0.3 is 0 Å². The van der Waals surface area contributed by atoms with Crippen LogP contribution in [0.5, 0.6) is 0 Å². The molecule has 1 saturated carbocycles. The van der Waals surface area contributed by atoms with Crippen molar-refractivity contribution >= 4 is 0 Å². The van der Waals surface area contributed by atoms with Gasteiger partial charge < -0.3 is 10.8 Å². The van der Waals surface area contributed by atoms with Crippen LogP contribution in [0, 0.1) is 11.3 Å². The summed E-state index contributed by atoms with van der Waals surface area (Å²) in [6.45, 7) is 7.31. The molecule has 0 bridgehead atoms. The smallest absolute Gasteiger partial charge is 0.0786 e. The molecule has 3 atom stereocenters. The van der Waals surface area contributed by atoms with Crippen molar-refractivity contribution in [3.63, 3.8) is 0 Å². The first-order chi connectivity index (χ1) is 9.85. The van der Waals surface area contributed by atoms with Gasteiger partial charge in [0.2, 0.25) is 0 Å². The highest BCUT2D eigenvalue weighted by Gasteiger charge is 2.60. The third-order valence-corrected chi connectivity index (χ3v) is 6.18. The molecule has 1 fully saturated rings. The van der Waals surface area contributed by atoms with Crippen LogP contribution in [0.1, 0.15) is 57.6 Å². The second-order valence-corrected chi connectivity index (χ2v) is 8.17. The van der Waals surface area contributed by atoms with Crippen molar-refractivity contribution < 1.29 is 5.11 Å². The van der Waals surface area contributed by atoms with E-state index in [4.69, 9.17) is 5.73 Å². The molecule has 0 heterocycles. The van der Waals surface area contributed by atoms with E-state index in [1.807, 2.05) is 0 Å². The van der Waals surface area contributed by atoms with Crippen molar-refractivity contribution in [2.45, 2.75) is 63.9 Å². The molecule has 2 nitrogen and oxygen atoms in total. The average Bonchev–Trinajstić information content (AvgIpc) is 2.67. The summed E-state index contributed by atoms with van der Waals surface area (Å²) in [4.78, 5) is 0. The SMILES string of the molecule is CC1CC(C)(C)CC1(O)C1(CN)CCCc2ccccc21. The number of aliphatic hydroxyl groups is 1. The molecule has 116 valence electrons. The van der Waals surface area contributed by atoms with E-state index >= 15 is 0 Å². The fraction of sp³-hybridized carbons (Fsp3) is 0.684. The Balaban J connectivity index is 2.14. The van der Waals surface area contributed by atoms with Gasteiger partial charge in [-0.05, 0) is 54.6 Å². The van der Waals surface area contributed by atoms with Crippen molar-refractivity contribution in [2.75, 3.05) is 6.54 Å². The van der Waals surface area contributed by atoms with Gasteiger partial charge in [-0.2, -0.15) is 0 Å². The van der Waals surface area contributed by atoms with Gasteiger partial charge in [0.1, 0.15) is 0 Å². The maximum absolute atomic E-state index is 11.7. The first kappa shape index (κ1) is 15.1. The van der Waals surface area contributed by atoms with Gasteiger partial charge in [0.25, 0.3) is 0 Å². The lowest BCUT2D eigenvalue weighted by Crippen LogP contribution is -2.59. The van der Waals surface area contributed by atoms with Crippen LogP contribution in [0.25, 0.3) is 0 Å². The van der Waals surface area contributed by atoms with E-state index in [9.17, 15) is 5.11 Å². The summed E-state index contributed by atoms with van der Waals surface area (Å²) in [5, 5.41) is 11.7. The van der Waals surface area contributed by atoms with Gasteiger partial charge in [-0.1, -0.05) is 45.0 Å². The highest BCUT2D eigenvalue weighted by atomic mass is 16.3. The Labute approximate surface area is 128 Å². The summed E-state index contributed by atoms with van der Waals surface area (Å²) in [6.07, 6.45) is 5.19. The van der Waals surface area contributed by atoms with Crippen LogP contribution in [0.3, 0.4) is 0 Å². The standard InChI is InChI=1S/C19H29NO/c1-14-11-17(2,3)12-19(14,21)18(13-20)10-6-8-15-7-4-5-9-16(15)18/h4-5,7,9,14,21H,6,8,10-13,20H2,1-3H3. The third-order valence-electron chi connectivity index (χ3n) is 6.18. The van der Waals surface area contributed by atoms with Gasteiger partial charge in [0.15, 0.2) is 0 Å². The predicted octanol–water partition coefficient (Wildman–Crippen LogP) is 3.41. The van der Waals surface area contributed by atoms with Gasteiger partial charge in [-0.15, -0.1) is 0 Å². The van der Waals surface area contributed by atoms with Crippen LogP contribution in [0.2, 0.25) is 0 Å². The maximum Gasteiger partial charge on any atom is 0.0786 e. The molecule has 21 heavy (non-hydrogen) atoms. The molecule has 2 heteroatoms. The zero-order chi connectivity index (χ0) is 15.3. The molecule has 0 aliphatic heterocycles. The minimum Gasteiger partial charge on any atom is -0.389 e. The normalized spacial score (nSPS) is 38.2. The van der Waals surface area contributed by atoms with E-state index in [1.165, 1.54) is 11.1 Å². The van der Waals surface area contributed by atoms with Crippen LogP contribution in [-0.2, 0) is 11.8 Å². The van der Waals surface area contributed by atoms with Crippen LogP contribution in [0.15, 0.2) is 24.3 Å². The Hall–Kier alpha value is -0.860. The molecule has 0 spiro atoms. The van der Waals surface area contributed by atoms with E-state index in [-0.39, 0.29) is 10.8 Å². The first-order valence-corrected chi connectivity index (χ1v) is 8.35. The maximum atomic E-state index is 11.7. The molecule has 3 unspecified atom stereocenters. The lowest BCUT2D eigenvalue weighted by atomic mass is 9.57. The molecule has 1 aromatic carbocycles. The molecular formula is C19H29NO. The van der Waals surface area contributed by atoms with E-state index in [1.54, 1.807) is 0 Å². The number of nitrogens with two attached hydrogens (primary N) is 1. The van der Waals surface area contributed by atoms with Crippen LogP contribution in [0.4, 0.5) is 0 Å². The first-order valence-electron chi connectivity index (χ1n) is 8.35. The minimum atomic E-state index is -0.679. The fourth-order valence-electron chi connectivity index (χ4n) is 5.37. The second-order valence-electron chi connectivity index (χ2n) is 8.17. The Bertz CT molecular complexity index is 538.